The third-order valence-corrected chi connectivity index (χ3v) is 3.79. The maximum absolute atomic E-state index is 12.6. The highest BCUT2D eigenvalue weighted by atomic mass is 16.2. The van der Waals surface area contributed by atoms with Gasteiger partial charge in [0.15, 0.2) is 0 Å². The summed E-state index contributed by atoms with van der Waals surface area (Å²) in [6, 6.07) is 0. The van der Waals surface area contributed by atoms with E-state index in [0.717, 1.165) is 12.8 Å². The Morgan fingerprint density at radius 2 is 2.17 bits per heavy atom. The normalized spacial score (nSPS) is 28.4. The van der Waals surface area contributed by atoms with Crippen LogP contribution in [0.4, 0.5) is 5.69 Å². The Kier molecular flexibility index (Phi) is 2.23. The summed E-state index contributed by atoms with van der Waals surface area (Å²) in [6.07, 6.45) is 5.38. The van der Waals surface area contributed by atoms with Gasteiger partial charge in [0.1, 0.15) is 12.1 Å². The molecule has 96 valence electrons. The van der Waals surface area contributed by atoms with Gasteiger partial charge in [0.05, 0.1) is 11.9 Å². The van der Waals surface area contributed by atoms with Gasteiger partial charge < -0.3 is 5.32 Å². The maximum Gasteiger partial charge on any atom is 0.253 e. The van der Waals surface area contributed by atoms with Crippen molar-refractivity contribution in [3.05, 3.63) is 12.4 Å². The summed E-state index contributed by atoms with van der Waals surface area (Å²) in [6.45, 7) is 1.90. The first kappa shape index (κ1) is 11.3. The molecule has 0 aromatic carbocycles. The van der Waals surface area contributed by atoms with Crippen LogP contribution >= 0.6 is 0 Å². The van der Waals surface area contributed by atoms with Gasteiger partial charge >= 0.3 is 0 Å². The second-order valence-corrected chi connectivity index (χ2v) is 5.29. The van der Waals surface area contributed by atoms with Crippen LogP contribution in [-0.4, -0.2) is 33.7 Å². The molecule has 0 radical (unpaired) electrons. The van der Waals surface area contributed by atoms with Crippen LogP contribution in [0.15, 0.2) is 12.4 Å². The molecule has 0 bridgehead atoms. The molecule has 2 amide bonds. The zero-order valence-corrected chi connectivity index (χ0v) is 10.5. The number of nitrogens with zero attached hydrogens (tertiary/aromatic N) is 3. The number of carbonyl (C=O) groups is 2. The Hall–Kier alpha value is -1.85. The molecule has 1 aromatic heterocycles. The fourth-order valence-corrected chi connectivity index (χ4v) is 2.57. The molecular weight excluding hydrogens is 232 g/mol. The maximum atomic E-state index is 12.6. The first-order valence-corrected chi connectivity index (χ1v) is 6.12. The average molecular weight is 248 g/mol. The van der Waals surface area contributed by atoms with Gasteiger partial charge in [-0.25, -0.2) is 0 Å². The molecule has 6 nitrogen and oxygen atoms in total. The number of piperazine rings is 1. The van der Waals surface area contributed by atoms with E-state index in [4.69, 9.17) is 0 Å². The summed E-state index contributed by atoms with van der Waals surface area (Å²) in [7, 11) is 1.79. The van der Waals surface area contributed by atoms with Crippen LogP contribution in [0.3, 0.4) is 0 Å². The average Bonchev–Trinajstić information content (AvgIpc) is 3.08. The monoisotopic (exact) mass is 248 g/mol. The van der Waals surface area contributed by atoms with Gasteiger partial charge in [-0.3, -0.25) is 19.2 Å². The van der Waals surface area contributed by atoms with E-state index in [-0.39, 0.29) is 24.3 Å². The smallest absolute Gasteiger partial charge is 0.253 e. The van der Waals surface area contributed by atoms with Crippen molar-refractivity contribution < 1.29 is 9.59 Å². The molecule has 1 unspecified atom stereocenters. The molecule has 2 fully saturated rings. The highest BCUT2D eigenvalue weighted by Gasteiger charge is 2.52. The lowest BCUT2D eigenvalue weighted by molar-refractivity contribution is -0.136. The van der Waals surface area contributed by atoms with Gasteiger partial charge in [0.2, 0.25) is 5.91 Å². The first-order valence-electron chi connectivity index (χ1n) is 6.12. The van der Waals surface area contributed by atoms with Crippen molar-refractivity contribution in [1.82, 2.24) is 15.1 Å². The molecule has 1 aliphatic heterocycles. The number of rotatable bonds is 2. The molecule has 1 saturated carbocycles. The zero-order chi connectivity index (χ0) is 12.9. The van der Waals surface area contributed by atoms with E-state index in [1.54, 1.807) is 24.1 Å². The fourth-order valence-electron chi connectivity index (χ4n) is 2.57. The van der Waals surface area contributed by atoms with Crippen molar-refractivity contribution in [3.8, 4) is 0 Å². The number of amides is 2. The number of hydrogen-bond donors (Lipinski definition) is 1. The fraction of sp³-hybridized carbons (Fsp3) is 0.583. The summed E-state index contributed by atoms with van der Waals surface area (Å²) < 4.78 is 1.63. The van der Waals surface area contributed by atoms with Crippen molar-refractivity contribution >= 4 is 17.5 Å². The lowest BCUT2D eigenvalue weighted by atomic mass is 9.91. The van der Waals surface area contributed by atoms with Crippen molar-refractivity contribution in [3.63, 3.8) is 0 Å². The minimum absolute atomic E-state index is 0.0300. The lowest BCUT2D eigenvalue weighted by Gasteiger charge is -2.39. The Bertz CT molecular complexity index is 520. The topological polar surface area (TPSA) is 67.2 Å². The molecule has 0 spiro atoms. The number of carbonyl (C=O) groups excluding carboxylic acids is 2. The van der Waals surface area contributed by atoms with Crippen molar-refractivity contribution in [1.29, 1.82) is 0 Å². The van der Waals surface area contributed by atoms with Gasteiger partial charge in [-0.15, -0.1) is 0 Å². The van der Waals surface area contributed by atoms with Crippen molar-refractivity contribution in [2.24, 2.45) is 13.0 Å². The van der Waals surface area contributed by atoms with E-state index in [2.05, 4.69) is 10.4 Å². The predicted octanol–water partition coefficient (Wildman–Crippen LogP) is 0.0516. The van der Waals surface area contributed by atoms with Crippen LogP contribution in [0.5, 0.6) is 0 Å². The molecule has 1 aromatic rings. The molecular formula is C12H16N4O2. The molecule has 6 heteroatoms. The van der Waals surface area contributed by atoms with Crippen LogP contribution in [0.1, 0.15) is 19.8 Å². The van der Waals surface area contributed by atoms with Crippen molar-refractivity contribution in [2.45, 2.75) is 25.3 Å². The molecule has 1 aliphatic carbocycles. The van der Waals surface area contributed by atoms with E-state index < -0.39 is 5.54 Å². The summed E-state index contributed by atoms with van der Waals surface area (Å²) in [4.78, 5) is 25.9. The largest absolute Gasteiger partial charge is 0.340 e. The van der Waals surface area contributed by atoms with Gasteiger partial charge in [-0.05, 0) is 25.7 Å². The van der Waals surface area contributed by atoms with Gasteiger partial charge in [-0.2, -0.15) is 5.10 Å². The minimum Gasteiger partial charge on any atom is -0.340 e. The minimum atomic E-state index is -0.745. The molecule has 1 N–H and O–H groups in total. The van der Waals surface area contributed by atoms with E-state index in [1.807, 2.05) is 6.92 Å². The molecule has 2 aliphatic rings. The van der Waals surface area contributed by atoms with Crippen LogP contribution in [0, 0.1) is 5.92 Å². The zero-order valence-electron chi connectivity index (χ0n) is 10.5. The van der Waals surface area contributed by atoms with Gasteiger partial charge in [-0.1, -0.05) is 0 Å². The summed E-state index contributed by atoms with van der Waals surface area (Å²) in [5, 5.41) is 6.90. The van der Waals surface area contributed by atoms with E-state index in [1.165, 1.54) is 4.90 Å². The number of aryl methyl sites for hydroxylation is 1. The second-order valence-electron chi connectivity index (χ2n) is 5.29. The lowest BCUT2D eigenvalue weighted by Crippen LogP contribution is -2.66. The Labute approximate surface area is 105 Å². The van der Waals surface area contributed by atoms with Crippen LogP contribution in [0.2, 0.25) is 0 Å². The van der Waals surface area contributed by atoms with Crippen LogP contribution < -0.4 is 10.2 Å². The molecule has 3 rings (SSSR count). The van der Waals surface area contributed by atoms with Crippen LogP contribution in [0.25, 0.3) is 0 Å². The highest BCUT2D eigenvalue weighted by molar-refractivity contribution is 6.09. The molecule has 2 heterocycles. The Morgan fingerprint density at radius 1 is 1.44 bits per heavy atom. The number of aromatic nitrogens is 2. The predicted molar refractivity (Wildman–Crippen MR) is 64.8 cm³/mol. The standard InChI is InChI=1S/C12H16N4O2/c1-12(8-3-4-8)11(18)16(7-10(17)14-12)9-5-13-15(2)6-9/h5-6,8H,3-4,7H2,1-2H3,(H,14,17). The van der Waals surface area contributed by atoms with Gasteiger partial charge in [0.25, 0.3) is 5.91 Å². The van der Waals surface area contributed by atoms with E-state index in [9.17, 15) is 9.59 Å². The van der Waals surface area contributed by atoms with Crippen LogP contribution in [-0.2, 0) is 16.6 Å². The van der Waals surface area contributed by atoms with E-state index >= 15 is 0 Å². The SMILES string of the molecule is Cn1cc(N2CC(=O)NC(C)(C3CC3)C2=O)cn1. The second kappa shape index (κ2) is 3.57. The number of anilines is 1. The summed E-state index contributed by atoms with van der Waals surface area (Å²) >= 11 is 0. The number of nitrogens with one attached hydrogen (secondary N) is 1. The Morgan fingerprint density at radius 3 is 2.72 bits per heavy atom. The molecule has 1 saturated heterocycles. The quantitative estimate of drug-likeness (QED) is 0.804. The van der Waals surface area contributed by atoms with Crippen molar-refractivity contribution in [2.75, 3.05) is 11.4 Å². The first-order chi connectivity index (χ1) is 8.50. The molecule has 1 atom stereocenters. The Balaban J connectivity index is 1.94. The third kappa shape index (κ3) is 1.60. The number of hydrogen-bond acceptors (Lipinski definition) is 3. The highest BCUT2D eigenvalue weighted by Crippen LogP contribution is 2.42. The molecule has 18 heavy (non-hydrogen) atoms. The van der Waals surface area contributed by atoms with Gasteiger partial charge in [0, 0.05) is 13.2 Å². The van der Waals surface area contributed by atoms with E-state index in [0.29, 0.717) is 5.69 Å². The third-order valence-electron chi connectivity index (χ3n) is 3.79. The summed E-state index contributed by atoms with van der Waals surface area (Å²) in [5.41, 5.74) is -0.0604. The summed E-state index contributed by atoms with van der Waals surface area (Å²) in [5.74, 6) is 0.138.